The Morgan fingerprint density at radius 3 is 2.68 bits per heavy atom. The molecule has 0 fully saturated rings. The minimum absolute atomic E-state index is 0.0227. The summed E-state index contributed by atoms with van der Waals surface area (Å²) in [5.74, 6) is 0.927. The second-order valence-corrected chi connectivity index (χ2v) is 6.08. The van der Waals surface area contributed by atoms with Gasteiger partial charge in [0.05, 0.1) is 5.25 Å². The lowest BCUT2D eigenvalue weighted by Gasteiger charge is -2.31. The lowest BCUT2D eigenvalue weighted by Crippen LogP contribution is -2.33. The Bertz CT molecular complexity index is 584. The SMILES string of the molecule is Cc1ccccc1SC1COc2ccccc2C1N. The number of aryl methyl sites for hydroxylation is 1. The molecule has 0 amide bonds. The Kier molecular flexibility index (Phi) is 3.49. The number of rotatable bonds is 2. The highest BCUT2D eigenvalue weighted by Gasteiger charge is 2.28. The molecule has 19 heavy (non-hydrogen) atoms. The first-order chi connectivity index (χ1) is 9.25. The van der Waals surface area contributed by atoms with Gasteiger partial charge in [-0.25, -0.2) is 0 Å². The molecule has 2 atom stereocenters. The first-order valence-corrected chi connectivity index (χ1v) is 7.33. The summed E-state index contributed by atoms with van der Waals surface area (Å²) in [5, 5.41) is 0.260. The van der Waals surface area contributed by atoms with Crippen LogP contribution in [0.4, 0.5) is 0 Å². The Morgan fingerprint density at radius 2 is 1.84 bits per heavy atom. The molecule has 3 rings (SSSR count). The van der Waals surface area contributed by atoms with Crippen LogP contribution in [0.1, 0.15) is 17.2 Å². The molecule has 2 unspecified atom stereocenters. The van der Waals surface area contributed by atoms with Crippen LogP contribution in [0.5, 0.6) is 5.75 Å². The molecule has 98 valence electrons. The summed E-state index contributed by atoms with van der Waals surface area (Å²) < 4.78 is 5.82. The first-order valence-electron chi connectivity index (χ1n) is 6.45. The standard InChI is InChI=1S/C16H17NOS/c1-11-6-2-5-9-14(11)19-15-10-18-13-8-4-3-7-12(13)16(15)17/h2-9,15-16H,10,17H2,1H3. The Balaban J connectivity index is 1.83. The highest BCUT2D eigenvalue weighted by atomic mass is 32.2. The van der Waals surface area contributed by atoms with Crippen LogP contribution in [0.15, 0.2) is 53.4 Å². The largest absolute Gasteiger partial charge is 0.492 e. The third-order valence-corrected chi connectivity index (χ3v) is 4.90. The summed E-state index contributed by atoms with van der Waals surface area (Å²) in [5.41, 5.74) is 8.79. The maximum absolute atomic E-state index is 6.39. The maximum atomic E-state index is 6.39. The van der Waals surface area contributed by atoms with Crippen molar-refractivity contribution in [3.63, 3.8) is 0 Å². The monoisotopic (exact) mass is 271 g/mol. The van der Waals surface area contributed by atoms with Crippen LogP contribution in [0, 0.1) is 6.92 Å². The van der Waals surface area contributed by atoms with Crippen LogP contribution in [0.25, 0.3) is 0 Å². The van der Waals surface area contributed by atoms with Crippen LogP contribution < -0.4 is 10.5 Å². The van der Waals surface area contributed by atoms with Gasteiger partial charge in [0.1, 0.15) is 12.4 Å². The molecule has 1 aliphatic rings. The average Bonchev–Trinajstić information content (AvgIpc) is 2.44. The van der Waals surface area contributed by atoms with Crippen molar-refractivity contribution < 1.29 is 4.74 Å². The van der Waals surface area contributed by atoms with E-state index in [0.29, 0.717) is 6.61 Å². The van der Waals surface area contributed by atoms with Gasteiger partial charge in [-0.2, -0.15) is 0 Å². The second-order valence-electron chi connectivity index (χ2n) is 4.80. The minimum Gasteiger partial charge on any atom is -0.492 e. The summed E-state index contributed by atoms with van der Waals surface area (Å²) in [6.07, 6.45) is 0. The van der Waals surface area contributed by atoms with Gasteiger partial charge in [0, 0.05) is 16.5 Å². The van der Waals surface area contributed by atoms with Crippen LogP contribution in [0.3, 0.4) is 0 Å². The highest BCUT2D eigenvalue weighted by Crippen LogP contribution is 2.39. The van der Waals surface area contributed by atoms with Crippen molar-refractivity contribution in [1.29, 1.82) is 0 Å². The first kappa shape index (κ1) is 12.6. The molecule has 0 aliphatic carbocycles. The summed E-state index contributed by atoms with van der Waals surface area (Å²) >= 11 is 1.81. The average molecular weight is 271 g/mol. The fourth-order valence-electron chi connectivity index (χ4n) is 2.32. The van der Waals surface area contributed by atoms with E-state index in [9.17, 15) is 0 Å². The molecule has 3 heteroatoms. The van der Waals surface area contributed by atoms with E-state index in [2.05, 4.69) is 37.3 Å². The zero-order valence-corrected chi connectivity index (χ0v) is 11.7. The van der Waals surface area contributed by atoms with E-state index in [0.717, 1.165) is 11.3 Å². The fourth-order valence-corrected chi connectivity index (χ4v) is 3.49. The molecule has 1 aliphatic heterocycles. The van der Waals surface area contributed by atoms with Gasteiger partial charge in [-0.1, -0.05) is 36.4 Å². The predicted octanol–water partition coefficient (Wildman–Crippen LogP) is 3.55. The fraction of sp³-hybridized carbons (Fsp3) is 0.250. The predicted molar refractivity (Wildman–Crippen MR) is 79.7 cm³/mol. The van der Waals surface area contributed by atoms with Gasteiger partial charge in [0.15, 0.2) is 0 Å². The lowest BCUT2D eigenvalue weighted by atomic mass is 10.0. The van der Waals surface area contributed by atoms with E-state index in [4.69, 9.17) is 10.5 Å². The number of benzene rings is 2. The second kappa shape index (κ2) is 5.27. The van der Waals surface area contributed by atoms with Crippen LogP contribution in [-0.2, 0) is 0 Å². The number of hydrogen-bond donors (Lipinski definition) is 1. The van der Waals surface area contributed by atoms with E-state index >= 15 is 0 Å². The topological polar surface area (TPSA) is 35.2 Å². The minimum atomic E-state index is 0.0227. The molecule has 0 saturated heterocycles. The van der Waals surface area contributed by atoms with Crippen molar-refractivity contribution in [3.05, 3.63) is 59.7 Å². The van der Waals surface area contributed by atoms with Gasteiger partial charge in [-0.15, -0.1) is 11.8 Å². The molecule has 0 spiro atoms. The van der Waals surface area contributed by atoms with E-state index in [-0.39, 0.29) is 11.3 Å². The third kappa shape index (κ3) is 2.48. The molecular weight excluding hydrogens is 254 g/mol. The molecular formula is C16H17NOS. The van der Waals surface area contributed by atoms with Crippen molar-refractivity contribution in [3.8, 4) is 5.75 Å². The molecule has 2 N–H and O–H groups in total. The van der Waals surface area contributed by atoms with Crippen molar-refractivity contribution >= 4 is 11.8 Å². The normalized spacial score (nSPS) is 21.6. The van der Waals surface area contributed by atoms with Gasteiger partial charge in [0.25, 0.3) is 0 Å². The van der Waals surface area contributed by atoms with E-state index in [1.807, 2.05) is 30.0 Å². The molecule has 0 radical (unpaired) electrons. The number of nitrogens with two attached hydrogens (primary N) is 1. The van der Waals surface area contributed by atoms with Gasteiger partial charge < -0.3 is 10.5 Å². The van der Waals surface area contributed by atoms with Crippen LogP contribution >= 0.6 is 11.8 Å². The Hall–Kier alpha value is -1.45. The summed E-state index contributed by atoms with van der Waals surface area (Å²) in [6, 6.07) is 16.5. The maximum Gasteiger partial charge on any atom is 0.124 e. The molecule has 0 aromatic heterocycles. The van der Waals surface area contributed by atoms with Crippen molar-refractivity contribution in [1.82, 2.24) is 0 Å². The number of fused-ring (bicyclic) bond motifs is 1. The lowest BCUT2D eigenvalue weighted by molar-refractivity contribution is 0.276. The highest BCUT2D eigenvalue weighted by molar-refractivity contribution is 8.00. The smallest absolute Gasteiger partial charge is 0.124 e. The van der Waals surface area contributed by atoms with Gasteiger partial charge in [-0.3, -0.25) is 0 Å². The number of thioether (sulfide) groups is 1. The van der Waals surface area contributed by atoms with Crippen molar-refractivity contribution in [2.75, 3.05) is 6.61 Å². The molecule has 2 aromatic rings. The quantitative estimate of drug-likeness (QED) is 0.907. The van der Waals surface area contributed by atoms with E-state index in [1.165, 1.54) is 10.5 Å². The van der Waals surface area contributed by atoms with Crippen LogP contribution in [0.2, 0.25) is 0 Å². The molecule has 2 aromatic carbocycles. The third-order valence-electron chi connectivity index (χ3n) is 3.45. The summed E-state index contributed by atoms with van der Waals surface area (Å²) in [7, 11) is 0. The number of hydrogen-bond acceptors (Lipinski definition) is 3. The zero-order chi connectivity index (χ0) is 13.2. The van der Waals surface area contributed by atoms with Gasteiger partial charge >= 0.3 is 0 Å². The number of ether oxygens (including phenoxy) is 1. The molecule has 0 saturated carbocycles. The Labute approximate surface area is 118 Å². The summed E-state index contributed by atoms with van der Waals surface area (Å²) in [4.78, 5) is 1.28. The summed E-state index contributed by atoms with van der Waals surface area (Å²) in [6.45, 7) is 2.79. The van der Waals surface area contributed by atoms with Crippen LogP contribution in [-0.4, -0.2) is 11.9 Å². The van der Waals surface area contributed by atoms with Crippen molar-refractivity contribution in [2.24, 2.45) is 5.73 Å². The van der Waals surface area contributed by atoms with E-state index < -0.39 is 0 Å². The van der Waals surface area contributed by atoms with Crippen molar-refractivity contribution in [2.45, 2.75) is 23.1 Å². The molecule has 0 bridgehead atoms. The van der Waals surface area contributed by atoms with E-state index in [1.54, 1.807) is 0 Å². The van der Waals surface area contributed by atoms with Gasteiger partial charge in [0.2, 0.25) is 0 Å². The van der Waals surface area contributed by atoms with Gasteiger partial charge in [-0.05, 0) is 24.6 Å². The molecule has 2 nitrogen and oxygen atoms in total. The zero-order valence-electron chi connectivity index (χ0n) is 10.9. The Morgan fingerprint density at radius 1 is 1.11 bits per heavy atom. The number of para-hydroxylation sites is 1. The molecule has 1 heterocycles.